The standard InChI is InChI=1S/C16H31NO3.K/c1-2-3-4-5-6-7-8-9-10-11-12-13-15(18)17-14-16(19)20;/h2-14H2,1H3,(H,17,18)(H,19,20);/q;+1/p-1. The van der Waals surface area contributed by atoms with Gasteiger partial charge in [-0.25, -0.2) is 0 Å². The molecule has 0 unspecified atom stereocenters. The Morgan fingerprint density at radius 1 is 0.905 bits per heavy atom. The average Bonchev–Trinajstić information content (AvgIpc) is 2.42. The Bertz CT molecular complexity index is 270. The van der Waals surface area contributed by atoms with Crippen LogP contribution in [0.1, 0.15) is 84.0 Å². The van der Waals surface area contributed by atoms with E-state index in [2.05, 4.69) is 11.9 Å². The van der Waals surface area contributed by atoms with Crippen LogP contribution in [0.4, 0.5) is 0 Å². The van der Waals surface area contributed by atoms with Crippen LogP contribution in [0.15, 0.2) is 4.99 Å². The first-order chi connectivity index (χ1) is 9.66. The minimum Gasteiger partial charge on any atom is -0.862 e. The smallest absolute Gasteiger partial charge is 0.862 e. The Labute approximate surface area is 172 Å². The van der Waals surface area contributed by atoms with E-state index in [0.717, 1.165) is 12.8 Å². The van der Waals surface area contributed by atoms with E-state index >= 15 is 0 Å². The molecular formula is C16H30KNO3. The van der Waals surface area contributed by atoms with Gasteiger partial charge in [0.1, 0.15) is 6.54 Å². The second kappa shape index (κ2) is 18.6. The number of carboxylic acid groups (broad SMARTS) is 1. The van der Waals surface area contributed by atoms with Crippen LogP contribution in [-0.4, -0.2) is 23.5 Å². The summed E-state index contributed by atoms with van der Waals surface area (Å²) in [4.78, 5) is 13.7. The number of hydrogen-bond donors (Lipinski definition) is 1. The van der Waals surface area contributed by atoms with Gasteiger partial charge in [-0.1, -0.05) is 71.1 Å². The second-order valence-electron chi connectivity index (χ2n) is 5.39. The number of carbonyl (C=O) groups is 1. The van der Waals surface area contributed by atoms with Gasteiger partial charge in [-0.3, -0.25) is 9.79 Å². The minimum atomic E-state index is -1.04. The van der Waals surface area contributed by atoms with Crippen molar-refractivity contribution in [3.05, 3.63) is 0 Å². The van der Waals surface area contributed by atoms with Crippen molar-refractivity contribution in [1.82, 2.24) is 0 Å². The molecule has 0 amide bonds. The molecule has 0 bridgehead atoms. The molecule has 0 aromatic carbocycles. The van der Waals surface area contributed by atoms with Crippen molar-refractivity contribution >= 4 is 11.9 Å². The Hall–Kier alpha value is 0.576. The van der Waals surface area contributed by atoms with Crippen molar-refractivity contribution in [2.45, 2.75) is 84.0 Å². The largest absolute Gasteiger partial charge is 1.00 e. The Morgan fingerprint density at radius 2 is 1.33 bits per heavy atom. The predicted octanol–water partition coefficient (Wildman–Crippen LogP) is 0.535. The molecule has 0 aromatic heterocycles. The first-order valence-electron chi connectivity index (χ1n) is 8.09. The van der Waals surface area contributed by atoms with Crippen LogP contribution in [0, 0.1) is 0 Å². The van der Waals surface area contributed by atoms with Gasteiger partial charge in [0.2, 0.25) is 0 Å². The molecule has 0 aliphatic carbocycles. The first-order valence-corrected chi connectivity index (χ1v) is 8.09. The zero-order chi connectivity index (χ0) is 15.1. The van der Waals surface area contributed by atoms with Crippen molar-refractivity contribution in [3.8, 4) is 0 Å². The maximum Gasteiger partial charge on any atom is 1.00 e. The van der Waals surface area contributed by atoms with Gasteiger partial charge in [0.15, 0.2) is 0 Å². The number of nitrogens with zero attached hydrogens (tertiary/aromatic N) is 1. The van der Waals surface area contributed by atoms with Crippen molar-refractivity contribution in [1.29, 1.82) is 0 Å². The summed E-state index contributed by atoms with van der Waals surface area (Å²) in [5.41, 5.74) is 0. The van der Waals surface area contributed by atoms with Gasteiger partial charge in [-0.05, 0) is 18.7 Å². The van der Waals surface area contributed by atoms with E-state index in [9.17, 15) is 9.90 Å². The van der Waals surface area contributed by atoms with Crippen LogP contribution in [0.5, 0.6) is 0 Å². The summed E-state index contributed by atoms with van der Waals surface area (Å²) in [6, 6.07) is 0. The Balaban J connectivity index is 0. The molecule has 0 spiro atoms. The fraction of sp³-hybridized carbons (Fsp3) is 0.875. The molecule has 0 fully saturated rings. The molecule has 0 saturated heterocycles. The summed E-state index contributed by atoms with van der Waals surface area (Å²) >= 11 is 0. The molecule has 5 heteroatoms. The fourth-order valence-corrected chi connectivity index (χ4v) is 2.18. The molecule has 0 heterocycles. The predicted molar refractivity (Wildman–Crippen MR) is 81.0 cm³/mol. The molecule has 0 saturated carbocycles. The number of hydrogen-bond acceptors (Lipinski definition) is 3. The van der Waals surface area contributed by atoms with E-state index in [1.54, 1.807) is 0 Å². The van der Waals surface area contributed by atoms with E-state index < -0.39 is 12.5 Å². The molecule has 0 aromatic rings. The number of aliphatic carboxylic acids is 1. The SMILES string of the molecule is CCCCCCCCCCCCCC([O-])=NCC(=O)O.[K+]. The van der Waals surface area contributed by atoms with Gasteiger partial charge in [-0.2, -0.15) is 0 Å². The quantitative estimate of drug-likeness (QED) is 0.219. The van der Waals surface area contributed by atoms with E-state index in [4.69, 9.17) is 5.11 Å². The monoisotopic (exact) mass is 323 g/mol. The third-order valence-electron chi connectivity index (χ3n) is 3.38. The van der Waals surface area contributed by atoms with E-state index in [-0.39, 0.29) is 57.3 Å². The molecule has 1 N–H and O–H groups in total. The summed E-state index contributed by atoms with van der Waals surface area (Å²) in [7, 11) is 0. The van der Waals surface area contributed by atoms with Gasteiger partial charge in [-0.15, -0.1) is 0 Å². The first kappa shape index (κ1) is 23.8. The number of aliphatic imine (C=N–C) groups is 1. The summed E-state index contributed by atoms with van der Waals surface area (Å²) in [5.74, 6) is -1.32. The summed E-state index contributed by atoms with van der Waals surface area (Å²) < 4.78 is 0. The van der Waals surface area contributed by atoms with Crippen LogP contribution >= 0.6 is 0 Å². The molecule has 21 heavy (non-hydrogen) atoms. The molecule has 0 aliphatic rings. The zero-order valence-corrected chi connectivity index (χ0v) is 17.0. The van der Waals surface area contributed by atoms with Gasteiger partial charge in [0, 0.05) is 0 Å². The number of unbranched alkanes of at least 4 members (excludes halogenated alkanes) is 10. The van der Waals surface area contributed by atoms with Crippen LogP contribution in [0.3, 0.4) is 0 Å². The molecule has 118 valence electrons. The number of rotatable bonds is 14. The number of carboxylic acids is 1. The average molecular weight is 324 g/mol. The second-order valence-corrected chi connectivity index (χ2v) is 5.39. The van der Waals surface area contributed by atoms with Crippen molar-refractivity contribution < 1.29 is 66.4 Å². The van der Waals surface area contributed by atoms with Gasteiger partial charge in [0.25, 0.3) is 0 Å². The van der Waals surface area contributed by atoms with E-state index in [0.29, 0.717) is 6.42 Å². The third kappa shape index (κ3) is 20.6. The van der Waals surface area contributed by atoms with E-state index in [1.165, 1.54) is 57.8 Å². The molecule has 0 radical (unpaired) electrons. The third-order valence-corrected chi connectivity index (χ3v) is 3.38. The van der Waals surface area contributed by atoms with Gasteiger partial charge < -0.3 is 10.2 Å². The summed E-state index contributed by atoms with van der Waals surface area (Å²) in [6.45, 7) is 1.84. The fourth-order valence-electron chi connectivity index (χ4n) is 2.18. The molecule has 4 nitrogen and oxygen atoms in total. The Morgan fingerprint density at radius 3 is 1.76 bits per heavy atom. The zero-order valence-electron chi connectivity index (χ0n) is 13.9. The normalized spacial score (nSPS) is 11.2. The van der Waals surface area contributed by atoms with Gasteiger partial charge >= 0.3 is 57.4 Å². The van der Waals surface area contributed by atoms with Crippen molar-refractivity contribution in [2.75, 3.05) is 6.54 Å². The Kier molecular flexibility index (Phi) is 21.1. The van der Waals surface area contributed by atoms with Crippen molar-refractivity contribution in [3.63, 3.8) is 0 Å². The molecule has 0 rings (SSSR count). The summed E-state index contributed by atoms with van der Waals surface area (Å²) in [5, 5.41) is 19.6. The van der Waals surface area contributed by atoms with Crippen LogP contribution in [-0.2, 0) is 4.79 Å². The minimum absolute atomic E-state index is 0. The van der Waals surface area contributed by atoms with Gasteiger partial charge in [0.05, 0.1) is 0 Å². The van der Waals surface area contributed by atoms with Crippen molar-refractivity contribution in [2.24, 2.45) is 4.99 Å². The van der Waals surface area contributed by atoms with Crippen LogP contribution < -0.4 is 56.5 Å². The molecule has 0 atom stereocenters. The maximum atomic E-state index is 11.2. The topological polar surface area (TPSA) is 72.7 Å². The van der Waals surface area contributed by atoms with Crippen LogP contribution in [0.25, 0.3) is 0 Å². The summed E-state index contributed by atoms with van der Waals surface area (Å²) in [6.07, 6.45) is 14.1. The molecule has 0 aliphatic heterocycles. The van der Waals surface area contributed by atoms with E-state index in [1.807, 2.05) is 0 Å². The van der Waals surface area contributed by atoms with Crippen LogP contribution in [0.2, 0.25) is 0 Å². The molecular weight excluding hydrogens is 293 g/mol. The maximum absolute atomic E-state index is 11.2.